The normalized spacial score (nSPS) is 12.0. The van der Waals surface area contributed by atoms with Crippen molar-refractivity contribution in [2.75, 3.05) is 5.75 Å². The van der Waals surface area contributed by atoms with Gasteiger partial charge in [0.15, 0.2) is 11.3 Å². The molecule has 6 nitrogen and oxygen atoms in total. The van der Waals surface area contributed by atoms with Crippen molar-refractivity contribution in [2.45, 2.75) is 38.5 Å². The van der Waals surface area contributed by atoms with Gasteiger partial charge in [-0.3, -0.25) is 9.59 Å². The quantitative estimate of drug-likeness (QED) is 0.164. The number of aromatic nitrogens is 3. The second kappa shape index (κ2) is 10.0. The summed E-state index contributed by atoms with van der Waals surface area (Å²) in [6, 6.07) is 16.9. The van der Waals surface area contributed by atoms with Crippen molar-refractivity contribution < 1.29 is 14.3 Å². The van der Waals surface area contributed by atoms with Crippen LogP contribution in [0.4, 0.5) is 0 Å². The van der Waals surface area contributed by atoms with Crippen LogP contribution in [0.1, 0.15) is 45.9 Å². The van der Waals surface area contributed by atoms with Gasteiger partial charge in [-0.1, -0.05) is 67.2 Å². The second-order valence-electron chi connectivity index (χ2n) is 7.76. The molecule has 0 unspecified atom stereocenters. The summed E-state index contributed by atoms with van der Waals surface area (Å²) in [5, 5.41) is 1.34. The molecule has 0 fully saturated rings. The molecule has 0 amide bonds. The minimum absolute atomic E-state index is 0.00732. The van der Waals surface area contributed by atoms with Crippen molar-refractivity contribution in [1.29, 1.82) is 0 Å². The molecule has 1 atom stereocenters. The number of carbonyl (C=O) groups excluding carboxylic acids is 2. The summed E-state index contributed by atoms with van der Waals surface area (Å²) in [5.41, 5.74) is 4.87. The first-order valence-corrected chi connectivity index (χ1v) is 11.8. The minimum Gasteiger partial charge on any atom is -0.448 e. The molecule has 0 spiro atoms. The van der Waals surface area contributed by atoms with Gasteiger partial charge in [-0.25, -0.2) is 9.97 Å². The van der Waals surface area contributed by atoms with Gasteiger partial charge in [0.05, 0.1) is 5.75 Å². The summed E-state index contributed by atoms with van der Waals surface area (Å²) in [4.78, 5) is 38.2. The first-order chi connectivity index (χ1) is 16.0. The Morgan fingerprint density at radius 1 is 1.03 bits per heavy atom. The summed E-state index contributed by atoms with van der Waals surface area (Å²) in [6.07, 6.45) is 1.51. The van der Waals surface area contributed by atoms with Crippen molar-refractivity contribution in [3.05, 3.63) is 88.9 Å². The Bertz CT molecular complexity index is 1280. The number of nitrogens with one attached hydrogen (secondary N) is 1. The fourth-order valence-electron chi connectivity index (χ4n) is 3.80. The van der Waals surface area contributed by atoms with Gasteiger partial charge in [-0.15, -0.1) is 0 Å². The topological polar surface area (TPSA) is 84.9 Å². The molecule has 0 aliphatic carbocycles. The number of H-pyrrole nitrogens is 1. The van der Waals surface area contributed by atoms with E-state index in [2.05, 4.69) is 21.9 Å². The van der Waals surface area contributed by atoms with Crippen LogP contribution < -0.4 is 0 Å². The van der Waals surface area contributed by atoms with Crippen LogP contribution in [-0.2, 0) is 16.0 Å². The van der Waals surface area contributed by atoms with E-state index in [1.54, 1.807) is 18.3 Å². The number of hydrogen-bond acceptors (Lipinski definition) is 6. The predicted octanol–water partition coefficient (Wildman–Crippen LogP) is 5.40. The number of rotatable bonds is 8. The third-order valence-electron chi connectivity index (χ3n) is 5.32. The zero-order valence-corrected chi connectivity index (χ0v) is 19.6. The summed E-state index contributed by atoms with van der Waals surface area (Å²) in [7, 11) is 0. The highest BCUT2D eigenvalue weighted by atomic mass is 32.2. The lowest BCUT2D eigenvalue weighted by atomic mass is 9.98. The number of aromatic amines is 1. The highest BCUT2D eigenvalue weighted by molar-refractivity contribution is 7.99. The fraction of sp³-hybridized carbons (Fsp3) is 0.231. The number of benzene rings is 2. The first kappa shape index (κ1) is 22.7. The molecule has 1 N–H and O–H groups in total. The zero-order valence-electron chi connectivity index (χ0n) is 18.8. The Kier molecular flexibility index (Phi) is 6.89. The lowest BCUT2D eigenvalue weighted by Gasteiger charge is -2.17. The van der Waals surface area contributed by atoms with Crippen molar-refractivity contribution in [3.8, 4) is 0 Å². The van der Waals surface area contributed by atoms with Gasteiger partial charge < -0.3 is 9.72 Å². The zero-order chi connectivity index (χ0) is 23.4. The van der Waals surface area contributed by atoms with Crippen LogP contribution in [0.3, 0.4) is 0 Å². The largest absolute Gasteiger partial charge is 0.448 e. The molecule has 0 saturated carbocycles. The predicted molar refractivity (Wildman–Crippen MR) is 130 cm³/mol. The molecule has 0 bridgehead atoms. The number of thioether (sulfide) groups is 1. The average molecular weight is 460 g/mol. The van der Waals surface area contributed by atoms with Crippen LogP contribution >= 0.6 is 11.8 Å². The van der Waals surface area contributed by atoms with Crippen LogP contribution in [0.15, 0.2) is 66.0 Å². The molecule has 0 saturated heterocycles. The van der Waals surface area contributed by atoms with Gasteiger partial charge in [0.1, 0.15) is 0 Å². The van der Waals surface area contributed by atoms with Crippen LogP contribution in [0.2, 0.25) is 0 Å². The molecule has 0 aliphatic rings. The SMILES string of the molecule is CCc1cccc2c(C(=O)[C@H](OC(=O)CSc3nc(C)cc(C)n3)c3ccccc3)c[nH]c12. The van der Waals surface area contributed by atoms with Crippen LogP contribution in [0.25, 0.3) is 10.9 Å². The molecule has 2 aromatic heterocycles. The van der Waals surface area contributed by atoms with Gasteiger partial charge >= 0.3 is 5.97 Å². The fourth-order valence-corrected chi connectivity index (χ4v) is 4.54. The Morgan fingerprint density at radius 3 is 2.45 bits per heavy atom. The molecule has 0 aliphatic heterocycles. The molecule has 4 aromatic rings. The smallest absolute Gasteiger partial charge is 0.317 e. The van der Waals surface area contributed by atoms with Gasteiger partial charge in [-0.05, 0) is 31.9 Å². The summed E-state index contributed by atoms with van der Waals surface area (Å²) >= 11 is 1.20. The second-order valence-corrected chi connectivity index (χ2v) is 8.70. The van der Waals surface area contributed by atoms with E-state index < -0.39 is 12.1 Å². The number of ether oxygens (including phenoxy) is 1. The molecular formula is C26H25N3O3S. The number of ketones is 1. The van der Waals surface area contributed by atoms with Crippen LogP contribution in [-0.4, -0.2) is 32.5 Å². The van der Waals surface area contributed by atoms with Gasteiger partial charge in [-0.2, -0.15) is 0 Å². The van der Waals surface area contributed by atoms with E-state index in [4.69, 9.17) is 4.74 Å². The standard InChI is InChI=1S/C26H25N3O3S/c1-4-18-11-8-12-20-21(14-27-23(18)20)24(31)25(19-9-6-5-7-10-19)32-22(30)15-33-26-28-16(2)13-17(3)29-26/h5-14,25,27H,4,15H2,1-3H3/t25-/m1/s1. The first-order valence-electron chi connectivity index (χ1n) is 10.8. The van der Waals surface area contributed by atoms with E-state index in [0.29, 0.717) is 16.3 Å². The van der Waals surface area contributed by atoms with E-state index in [0.717, 1.165) is 34.3 Å². The van der Waals surface area contributed by atoms with Crippen molar-refractivity contribution >= 4 is 34.4 Å². The Balaban J connectivity index is 1.58. The third kappa shape index (κ3) is 5.14. The summed E-state index contributed by atoms with van der Waals surface area (Å²) in [5.74, 6) is -0.756. The summed E-state index contributed by atoms with van der Waals surface area (Å²) < 4.78 is 5.73. The number of aryl methyl sites for hydroxylation is 3. The Morgan fingerprint density at radius 2 is 1.76 bits per heavy atom. The van der Waals surface area contributed by atoms with Crippen LogP contribution in [0, 0.1) is 13.8 Å². The Labute approximate surface area is 196 Å². The van der Waals surface area contributed by atoms with Gasteiger partial charge in [0, 0.05) is 39.6 Å². The molecular weight excluding hydrogens is 434 g/mol. The maximum absolute atomic E-state index is 13.6. The van der Waals surface area contributed by atoms with Crippen molar-refractivity contribution in [2.24, 2.45) is 0 Å². The molecule has 4 rings (SSSR count). The van der Waals surface area contributed by atoms with Crippen molar-refractivity contribution in [3.63, 3.8) is 0 Å². The molecule has 168 valence electrons. The van der Waals surface area contributed by atoms with Gasteiger partial charge in [0.25, 0.3) is 0 Å². The van der Waals surface area contributed by atoms with E-state index in [1.165, 1.54) is 11.8 Å². The average Bonchev–Trinajstić information content (AvgIpc) is 3.25. The number of hydrogen-bond donors (Lipinski definition) is 1. The minimum atomic E-state index is -1.04. The molecule has 0 radical (unpaired) electrons. The number of esters is 1. The van der Waals surface area contributed by atoms with Crippen molar-refractivity contribution in [1.82, 2.24) is 15.0 Å². The van der Waals surface area contributed by atoms with E-state index in [9.17, 15) is 9.59 Å². The van der Waals surface area contributed by atoms with E-state index >= 15 is 0 Å². The molecule has 33 heavy (non-hydrogen) atoms. The number of Topliss-reactive ketones (excluding diaryl/α,β-unsaturated/α-hetero) is 1. The van der Waals surface area contributed by atoms with E-state index in [1.807, 2.05) is 56.3 Å². The molecule has 2 heterocycles. The monoisotopic (exact) mass is 459 g/mol. The number of carbonyl (C=O) groups is 2. The highest BCUT2D eigenvalue weighted by Gasteiger charge is 2.28. The number of nitrogens with zero attached hydrogens (tertiary/aromatic N) is 2. The molecule has 7 heteroatoms. The maximum atomic E-state index is 13.6. The van der Waals surface area contributed by atoms with Crippen LogP contribution in [0.5, 0.6) is 0 Å². The van der Waals surface area contributed by atoms with E-state index in [-0.39, 0.29) is 11.5 Å². The lowest BCUT2D eigenvalue weighted by molar-refractivity contribution is -0.144. The van der Waals surface area contributed by atoms with Gasteiger partial charge in [0.2, 0.25) is 5.78 Å². The highest BCUT2D eigenvalue weighted by Crippen LogP contribution is 2.29. The Hall–Kier alpha value is -3.45. The third-order valence-corrected chi connectivity index (χ3v) is 6.14. The maximum Gasteiger partial charge on any atom is 0.317 e. The number of para-hydroxylation sites is 1. The number of fused-ring (bicyclic) bond motifs is 1. The molecule has 2 aromatic carbocycles. The lowest BCUT2D eigenvalue weighted by Crippen LogP contribution is -2.21. The summed E-state index contributed by atoms with van der Waals surface area (Å²) in [6.45, 7) is 5.83.